The van der Waals surface area contributed by atoms with E-state index in [1.165, 1.54) is 12.1 Å². The molecule has 4 N–H and O–H groups in total. The lowest BCUT2D eigenvalue weighted by atomic mass is 10.0. The number of halogens is 3. The number of ether oxygens (including phenoxy) is 1. The van der Waals surface area contributed by atoms with Gasteiger partial charge >= 0.3 is 12.2 Å². The number of nitrogens with zero attached hydrogens (tertiary/aromatic N) is 4. The number of urea groups is 1. The molecule has 2 heterocycles. The predicted octanol–water partition coefficient (Wildman–Crippen LogP) is 5.70. The highest BCUT2D eigenvalue weighted by molar-refractivity contribution is 6.02. The van der Waals surface area contributed by atoms with Crippen LogP contribution < -0.4 is 21.1 Å². The minimum Gasteiger partial charge on any atom is -0.489 e. The van der Waals surface area contributed by atoms with Crippen LogP contribution in [0.2, 0.25) is 0 Å². The minimum atomic E-state index is -4.65. The van der Waals surface area contributed by atoms with E-state index in [9.17, 15) is 18.0 Å². The van der Waals surface area contributed by atoms with Crippen LogP contribution in [-0.4, -0.2) is 52.9 Å². The number of para-hydroxylation sites is 1. The van der Waals surface area contributed by atoms with Gasteiger partial charge in [0.1, 0.15) is 6.61 Å². The number of hydrogen-bond donors (Lipinski definition) is 3. The number of fused-ring (bicyclic) bond motifs is 1. The van der Waals surface area contributed by atoms with Gasteiger partial charge in [-0.3, -0.25) is 0 Å². The number of carbonyl (C=O) groups excluding carboxylic acids is 1. The summed E-state index contributed by atoms with van der Waals surface area (Å²) < 4.78 is 48.1. The Hall–Kier alpha value is -4.32. The molecule has 2 aromatic carbocycles. The summed E-state index contributed by atoms with van der Waals surface area (Å²) in [6, 6.07) is 12.0. The van der Waals surface area contributed by atoms with Crippen molar-refractivity contribution < 1.29 is 22.7 Å². The summed E-state index contributed by atoms with van der Waals surface area (Å²) in [5, 5.41) is 10.3. The fourth-order valence-corrected chi connectivity index (χ4v) is 4.47. The standard InChI is InChI=1S/C28H30F3N7O2/c1-37(2)13-14-40-24-20(28(29,30)31)5-4-6-21(24)35-27(39)33-18-11-9-16(10-12-18)19-15-22(17-7-8-17)34-26-23(19)25(32)36-38(26)3/h4-6,9-12,15,17H,7-8,13-14H2,1-3H3,(H2,32,36)(H2,33,35,39). The first kappa shape index (κ1) is 27.3. The van der Waals surface area contributed by atoms with E-state index in [0.29, 0.717) is 29.6 Å². The number of alkyl halides is 3. The second-order valence-corrected chi connectivity index (χ2v) is 10.1. The molecule has 0 atom stereocenters. The van der Waals surface area contributed by atoms with Crippen molar-refractivity contribution in [3.8, 4) is 16.9 Å². The Morgan fingerprint density at radius 1 is 1.15 bits per heavy atom. The molecular weight excluding hydrogens is 523 g/mol. The number of nitrogens with one attached hydrogen (secondary N) is 2. The molecule has 12 heteroatoms. The molecule has 9 nitrogen and oxygen atoms in total. The monoisotopic (exact) mass is 553 g/mol. The number of hydrogen-bond acceptors (Lipinski definition) is 6. The Morgan fingerprint density at radius 3 is 2.52 bits per heavy atom. The van der Waals surface area contributed by atoms with Gasteiger partial charge in [-0.1, -0.05) is 18.2 Å². The van der Waals surface area contributed by atoms with Gasteiger partial charge in [0.2, 0.25) is 0 Å². The molecule has 2 amide bonds. The molecule has 1 saturated carbocycles. The number of pyridine rings is 1. The fourth-order valence-electron chi connectivity index (χ4n) is 4.47. The Bertz CT molecular complexity index is 1540. The summed E-state index contributed by atoms with van der Waals surface area (Å²) in [5.74, 6) is 0.384. The second-order valence-electron chi connectivity index (χ2n) is 10.1. The maximum atomic E-state index is 13.6. The number of carbonyl (C=O) groups is 1. The molecule has 5 rings (SSSR count). The third-order valence-corrected chi connectivity index (χ3v) is 6.64. The number of aromatic nitrogens is 3. The minimum absolute atomic E-state index is 0.0179. The van der Waals surface area contributed by atoms with Crippen molar-refractivity contribution >= 4 is 34.3 Å². The van der Waals surface area contributed by atoms with Crippen LogP contribution in [0, 0.1) is 0 Å². The first-order valence-corrected chi connectivity index (χ1v) is 12.8. The number of benzene rings is 2. The predicted molar refractivity (Wildman–Crippen MR) is 148 cm³/mol. The molecule has 2 aromatic heterocycles. The molecule has 0 saturated heterocycles. The lowest BCUT2D eigenvalue weighted by molar-refractivity contribution is -0.138. The van der Waals surface area contributed by atoms with Gasteiger partial charge in [0.15, 0.2) is 17.2 Å². The summed E-state index contributed by atoms with van der Waals surface area (Å²) in [6.45, 7) is 0.421. The van der Waals surface area contributed by atoms with Crippen molar-refractivity contribution in [1.82, 2.24) is 19.7 Å². The van der Waals surface area contributed by atoms with Gasteiger partial charge in [0, 0.05) is 30.9 Å². The first-order valence-electron chi connectivity index (χ1n) is 12.8. The molecule has 0 radical (unpaired) electrons. The highest BCUT2D eigenvalue weighted by atomic mass is 19.4. The zero-order chi connectivity index (χ0) is 28.6. The van der Waals surface area contributed by atoms with E-state index in [2.05, 4.69) is 15.7 Å². The molecule has 0 aliphatic heterocycles. The molecular formula is C28H30F3N7O2. The van der Waals surface area contributed by atoms with Gasteiger partial charge in [-0.2, -0.15) is 18.3 Å². The molecule has 40 heavy (non-hydrogen) atoms. The molecule has 1 aliphatic rings. The van der Waals surface area contributed by atoms with Crippen molar-refractivity contribution in [3.63, 3.8) is 0 Å². The van der Waals surface area contributed by atoms with Crippen LogP contribution in [-0.2, 0) is 13.2 Å². The number of anilines is 3. The van der Waals surface area contributed by atoms with Crippen LogP contribution in [0.25, 0.3) is 22.2 Å². The number of nitrogens with two attached hydrogens (primary N) is 1. The van der Waals surface area contributed by atoms with E-state index in [1.807, 2.05) is 18.2 Å². The third-order valence-electron chi connectivity index (χ3n) is 6.64. The highest BCUT2D eigenvalue weighted by Crippen LogP contribution is 2.43. The molecule has 1 fully saturated rings. The van der Waals surface area contributed by atoms with E-state index in [-0.39, 0.29) is 12.3 Å². The third kappa shape index (κ3) is 5.81. The van der Waals surface area contributed by atoms with Crippen LogP contribution in [0.15, 0.2) is 48.5 Å². The van der Waals surface area contributed by atoms with E-state index < -0.39 is 23.5 Å². The summed E-state index contributed by atoms with van der Waals surface area (Å²) in [5.41, 5.74) is 9.09. The average molecular weight is 554 g/mol. The summed E-state index contributed by atoms with van der Waals surface area (Å²) in [7, 11) is 5.37. The molecule has 1 aliphatic carbocycles. The summed E-state index contributed by atoms with van der Waals surface area (Å²) in [6.07, 6.45) is -2.46. The normalized spacial score (nSPS) is 13.6. The number of rotatable bonds is 8. The topological polar surface area (TPSA) is 110 Å². The van der Waals surface area contributed by atoms with Gasteiger partial charge in [-0.05, 0) is 68.4 Å². The van der Waals surface area contributed by atoms with Crippen molar-refractivity contribution in [3.05, 3.63) is 59.8 Å². The lowest BCUT2D eigenvalue weighted by Gasteiger charge is -2.19. The molecule has 0 spiro atoms. The van der Waals surface area contributed by atoms with Crippen molar-refractivity contribution in [2.24, 2.45) is 7.05 Å². The molecule has 4 aromatic rings. The number of nitrogen functional groups attached to an aromatic ring is 1. The van der Waals surface area contributed by atoms with Crippen LogP contribution in [0.1, 0.15) is 30.0 Å². The quantitative estimate of drug-likeness (QED) is 0.258. The number of likely N-dealkylation sites (N-methyl/N-ethyl adjacent to an activating group) is 1. The number of aryl methyl sites for hydroxylation is 1. The average Bonchev–Trinajstić information content (AvgIpc) is 3.70. The fraction of sp³-hybridized carbons (Fsp3) is 0.321. The summed E-state index contributed by atoms with van der Waals surface area (Å²) >= 11 is 0. The Morgan fingerprint density at radius 2 is 1.88 bits per heavy atom. The Kier molecular flexibility index (Phi) is 7.28. The van der Waals surface area contributed by atoms with Crippen molar-refractivity contribution in [2.75, 3.05) is 43.6 Å². The second kappa shape index (κ2) is 10.7. The van der Waals surface area contributed by atoms with E-state index in [1.54, 1.807) is 42.9 Å². The van der Waals surface area contributed by atoms with Gasteiger partial charge < -0.3 is 26.0 Å². The van der Waals surface area contributed by atoms with E-state index >= 15 is 0 Å². The zero-order valence-electron chi connectivity index (χ0n) is 22.3. The largest absolute Gasteiger partial charge is 0.489 e. The molecule has 0 unspecified atom stereocenters. The Labute approximate surface area is 229 Å². The number of amides is 2. The first-order chi connectivity index (χ1) is 19.0. The van der Waals surface area contributed by atoms with Gasteiger partial charge in [0.25, 0.3) is 0 Å². The van der Waals surface area contributed by atoms with Gasteiger partial charge in [-0.25, -0.2) is 14.5 Å². The molecule has 210 valence electrons. The van der Waals surface area contributed by atoms with Crippen LogP contribution in [0.4, 0.5) is 35.2 Å². The van der Waals surface area contributed by atoms with E-state index in [4.69, 9.17) is 15.5 Å². The Balaban J connectivity index is 1.36. The van der Waals surface area contributed by atoms with Crippen LogP contribution in [0.3, 0.4) is 0 Å². The summed E-state index contributed by atoms with van der Waals surface area (Å²) in [4.78, 5) is 19.3. The zero-order valence-corrected chi connectivity index (χ0v) is 22.3. The SMILES string of the molecule is CN(C)CCOc1c(NC(=O)Nc2ccc(-c3cc(C4CC4)nc4c3c(N)nn4C)cc2)cccc1C(F)(F)F. The van der Waals surface area contributed by atoms with Crippen LogP contribution >= 0.6 is 0 Å². The smallest absolute Gasteiger partial charge is 0.420 e. The lowest BCUT2D eigenvalue weighted by Crippen LogP contribution is -2.23. The van der Waals surface area contributed by atoms with Crippen molar-refractivity contribution in [1.29, 1.82) is 0 Å². The molecule has 0 bridgehead atoms. The van der Waals surface area contributed by atoms with Gasteiger partial charge in [-0.15, -0.1) is 0 Å². The van der Waals surface area contributed by atoms with Gasteiger partial charge in [0.05, 0.1) is 16.6 Å². The van der Waals surface area contributed by atoms with Crippen molar-refractivity contribution in [2.45, 2.75) is 24.9 Å². The maximum Gasteiger partial charge on any atom is 0.420 e. The van der Waals surface area contributed by atoms with Crippen LogP contribution in [0.5, 0.6) is 5.75 Å². The van der Waals surface area contributed by atoms with E-state index in [0.717, 1.165) is 41.1 Å². The highest BCUT2D eigenvalue weighted by Gasteiger charge is 2.36. The maximum absolute atomic E-state index is 13.6.